The minimum Gasteiger partial charge on any atom is -0.381 e. The van der Waals surface area contributed by atoms with E-state index in [1.54, 1.807) is 0 Å². The van der Waals surface area contributed by atoms with Crippen molar-refractivity contribution in [2.75, 3.05) is 24.3 Å². The second-order valence-electron chi connectivity index (χ2n) is 4.31. The monoisotopic (exact) mass is 222 g/mol. The van der Waals surface area contributed by atoms with E-state index in [2.05, 4.69) is 22.2 Å². The molecule has 1 aromatic heterocycles. The largest absolute Gasteiger partial charge is 0.381 e. The zero-order valence-electron chi connectivity index (χ0n) is 9.73. The molecule has 0 spiro atoms. The number of hydrogen-bond donors (Lipinski definition) is 2. The van der Waals surface area contributed by atoms with Gasteiger partial charge in [-0.25, -0.2) is 4.98 Å². The maximum atomic E-state index is 5.60. The molecule has 16 heavy (non-hydrogen) atoms. The van der Waals surface area contributed by atoms with Crippen molar-refractivity contribution >= 4 is 11.8 Å². The number of rotatable bonds is 3. The zero-order valence-corrected chi connectivity index (χ0v) is 9.73. The molecule has 1 aliphatic heterocycles. The highest BCUT2D eigenvalue weighted by molar-refractivity contribution is 5.41. The molecule has 0 saturated carbocycles. The molecule has 1 aromatic rings. The molecule has 5 heteroatoms. The van der Waals surface area contributed by atoms with Crippen molar-refractivity contribution in [2.24, 2.45) is 5.92 Å². The summed E-state index contributed by atoms with van der Waals surface area (Å²) < 4.78 is 5.37. The Morgan fingerprint density at radius 1 is 1.56 bits per heavy atom. The number of aromatic nitrogens is 2. The molecule has 1 fully saturated rings. The smallest absolute Gasteiger partial charge is 0.222 e. The second-order valence-corrected chi connectivity index (χ2v) is 4.31. The van der Waals surface area contributed by atoms with Crippen molar-refractivity contribution in [3.05, 3.63) is 11.8 Å². The Hall–Kier alpha value is -1.36. The van der Waals surface area contributed by atoms with Gasteiger partial charge in [-0.15, -0.1) is 0 Å². The van der Waals surface area contributed by atoms with Crippen LogP contribution >= 0.6 is 0 Å². The standard InChI is InChI=1S/C11H18N4O/c1-7-5-10(15-11(12)13-7)14-8(2)9-3-4-16-6-9/h5,8-9H,3-4,6H2,1-2H3,(H3,12,13,14,15). The van der Waals surface area contributed by atoms with Gasteiger partial charge < -0.3 is 15.8 Å². The first kappa shape index (κ1) is 11.1. The molecule has 2 unspecified atom stereocenters. The Morgan fingerprint density at radius 2 is 2.38 bits per heavy atom. The van der Waals surface area contributed by atoms with Crippen molar-refractivity contribution in [3.63, 3.8) is 0 Å². The molecule has 5 nitrogen and oxygen atoms in total. The van der Waals surface area contributed by atoms with Gasteiger partial charge in [0.2, 0.25) is 5.95 Å². The predicted molar refractivity (Wildman–Crippen MR) is 63.2 cm³/mol. The number of aryl methyl sites for hydroxylation is 1. The summed E-state index contributed by atoms with van der Waals surface area (Å²) in [6.07, 6.45) is 1.10. The highest BCUT2D eigenvalue weighted by atomic mass is 16.5. The van der Waals surface area contributed by atoms with Crippen LogP contribution in [0.5, 0.6) is 0 Å². The third-order valence-corrected chi connectivity index (χ3v) is 2.92. The SMILES string of the molecule is Cc1cc(NC(C)C2CCOC2)nc(N)n1. The van der Waals surface area contributed by atoms with Crippen LogP contribution in [-0.4, -0.2) is 29.2 Å². The van der Waals surface area contributed by atoms with Gasteiger partial charge in [0.1, 0.15) is 5.82 Å². The maximum absolute atomic E-state index is 5.60. The van der Waals surface area contributed by atoms with Gasteiger partial charge in [0, 0.05) is 30.3 Å². The second kappa shape index (κ2) is 4.65. The van der Waals surface area contributed by atoms with E-state index in [4.69, 9.17) is 10.5 Å². The number of nitrogens with one attached hydrogen (secondary N) is 1. The van der Waals surface area contributed by atoms with Gasteiger partial charge in [0.25, 0.3) is 0 Å². The van der Waals surface area contributed by atoms with Gasteiger partial charge >= 0.3 is 0 Å². The summed E-state index contributed by atoms with van der Waals surface area (Å²) in [5.41, 5.74) is 6.48. The molecular formula is C11H18N4O. The number of hydrogen-bond acceptors (Lipinski definition) is 5. The van der Waals surface area contributed by atoms with Crippen LogP contribution in [0, 0.1) is 12.8 Å². The third-order valence-electron chi connectivity index (χ3n) is 2.92. The van der Waals surface area contributed by atoms with E-state index in [0.717, 1.165) is 31.1 Å². The van der Waals surface area contributed by atoms with E-state index < -0.39 is 0 Å². The van der Waals surface area contributed by atoms with Crippen LogP contribution in [0.4, 0.5) is 11.8 Å². The van der Waals surface area contributed by atoms with Gasteiger partial charge in [-0.3, -0.25) is 0 Å². The van der Waals surface area contributed by atoms with E-state index in [0.29, 0.717) is 17.9 Å². The summed E-state index contributed by atoms with van der Waals surface area (Å²) in [7, 11) is 0. The molecule has 3 N–H and O–H groups in total. The molecule has 0 aromatic carbocycles. The summed E-state index contributed by atoms with van der Waals surface area (Å²) in [6, 6.07) is 2.25. The van der Waals surface area contributed by atoms with Crippen LogP contribution in [0.1, 0.15) is 19.0 Å². The predicted octanol–water partition coefficient (Wildman–Crippen LogP) is 1.20. The number of anilines is 2. The van der Waals surface area contributed by atoms with Crippen LogP contribution in [0.25, 0.3) is 0 Å². The lowest BCUT2D eigenvalue weighted by Crippen LogP contribution is -2.26. The minimum atomic E-state index is 0.317. The quantitative estimate of drug-likeness (QED) is 0.804. The lowest BCUT2D eigenvalue weighted by atomic mass is 10.0. The Bertz CT molecular complexity index is 343. The Balaban J connectivity index is 2.02. The van der Waals surface area contributed by atoms with Gasteiger partial charge in [-0.1, -0.05) is 0 Å². The first-order chi connectivity index (χ1) is 7.65. The first-order valence-corrected chi connectivity index (χ1v) is 5.60. The average molecular weight is 222 g/mol. The highest BCUT2D eigenvalue weighted by Gasteiger charge is 2.22. The average Bonchev–Trinajstić information content (AvgIpc) is 2.68. The number of nitrogens with two attached hydrogens (primary N) is 1. The van der Waals surface area contributed by atoms with Crippen LogP contribution in [0.2, 0.25) is 0 Å². The minimum absolute atomic E-state index is 0.317. The fourth-order valence-electron chi connectivity index (χ4n) is 1.96. The van der Waals surface area contributed by atoms with Crippen molar-refractivity contribution in [3.8, 4) is 0 Å². The molecule has 1 aliphatic rings. The van der Waals surface area contributed by atoms with Gasteiger partial charge in [0.05, 0.1) is 6.61 Å². The fraction of sp³-hybridized carbons (Fsp3) is 0.636. The molecule has 0 radical (unpaired) electrons. The fourth-order valence-corrected chi connectivity index (χ4v) is 1.96. The number of nitrogens with zero attached hydrogens (tertiary/aromatic N) is 2. The van der Waals surface area contributed by atoms with Crippen LogP contribution in [0.15, 0.2) is 6.07 Å². The lowest BCUT2D eigenvalue weighted by molar-refractivity contribution is 0.183. The lowest BCUT2D eigenvalue weighted by Gasteiger charge is -2.19. The third kappa shape index (κ3) is 2.61. The summed E-state index contributed by atoms with van der Waals surface area (Å²) in [6.45, 7) is 5.74. The summed E-state index contributed by atoms with van der Waals surface area (Å²) in [5.74, 6) is 1.67. The van der Waals surface area contributed by atoms with E-state index in [-0.39, 0.29) is 0 Å². The first-order valence-electron chi connectivity index (χ1n) is 5.60. The highest BCUT2D eigenvalue weighted by Crippen LogP contribution is 2.19. The Morgan fingerprint density at radius 3 is 3.00 bits per heavy atom. The van der Waals surface area contributed by atoms with Crippen molar-refractivity contribution in [2.45, 2.75) is 26.3 Å². The summed E-state index contributed by atoms with van der Waals surface area (Å²) in [4.78, 5) is 8.20. The van der Waals surface area contributed by atoms with E-state index in [9.17, 15) is 0 Å². The Kier molecular flexibility index (Phi) is 3.24. The van der Waals surface area contributed by atoms with Crippen LogP contribution < -0.4 is 11.1 Å². The van der Waals surface area contributed by atoms with E-state index in [1.165, 1.54) is 0 Å². The molecule has 88 valence electrons. The number of nitrogen functional groups attached to an aromatic ring is 1. The summed E-state index contributed by atoms with van der Waals surface area (Å²) >= 11 is 0. The molecule has 0 amide bonds. The summed E-state index contributed by atoms with van der Waals surface area (Å²) in [5, 5.41) is 3.35. The van der Waals surface area contributed by atoms with Crippen molar-refractivity contribution in [1.29, 1.82) is 0 Å². The van der Waals surface area contributed by atoms with Crippen molar-refractivity contribution < 1.29 is 4.74 Å². The van der Waals surface area contributed by atoms with E-state index in [1.807, 2.05) is 13.0 Å². The molecule has 0 aliphatic carbocycles. The van der Waals surface area contributed by atoms with Gasteiger partial charge in [0.15, 0.2) is 0 Å². The zero-order chi connectivity index (χ0) is 11.5. The Labute approximate surface area is 95.4 Å². The molecule has 0 bridgehead atoms. The number of ether oxygens (including phenoxy) is 1. The molecule has 2 rings (SSSR count). The topological polar surface area (TPSA) is 73.1 Å². The van der Waals surface area contributed by atoms with Crippen molar-refractivity contribution in [1.82, 2.24) is 9.97 Å². The molecular weight excluding hydrogens is 204 g/mol. The maximum Gasteiger partial charge on any atom is 0.222 e. The molecule has 1 saturated heterocycles. The normalized spacial score (nSPS) is 22.0. The molecule has 2 atom stereocenters. The van der Waals surface area contributed by atoms with Gasteiger partial charge in [-0.05, 0) is 20.3 Å². The molecule has 2 heterocycles. The van der Waals surface area contributed by atoms with Crippen LogP contribution in [0.3, 0.4) is 0 Å². The van der Waals surface area contributed by atoms with Crippen LogP contribution in [-0.2, 0) is 4.74 Å². The van der Waals surface area contributed by atoms with Gasteiger partial charge in [-0.2, -0.15) is 4.98 Å². The van der Waals surface area contributed by atoms with E-state index >= 15 is 0 Å².